The van der Waals surface area contributed by atoms with E-state index < -0.39 is 0 Å². The van der Waals surface area contributed by atoms with E-state index in [0.29, 0.717) is 25.4 Å². The number of carbonyl (C=O) groups excluding carboxylic acids is 1. The monoisotopic (exact) mass is 508 g/mol. The van der Waals surface area contributed by atoms with Crippen molar-refractivity contribution in [1.82, 2.24) is 10.2 Å². The molecule has 5 nitrogen and oxygen atoms in total. The molecule has 0 bridgehead atoms. The molecule has 1 amide bonds. The summed E-state index contributed by atoms with van der Waals surface area (Å²) >= 11 is 0. The number of hydrogen-bond acceptors (Lipinski definition) is 4. The van der Waals surface area contributed by atoms with E-state index in [1.807, 2.05) is 36.4 Å². The molecule has 0 unspecified atom stereocenters. The van der Waals surface area contributed by atoms with Crippen molar-refractivity contribution in [2.45, 2.75) is 32.0 Å². The normalized spacial score (nSPS) is 14.6. The Labute approximate surface area is 225 Å². The highest BCUT2D eigenvalue weighted by Crippen LogP contribution is 2.22. The fourth-order valence-electron chi connectivity index (χ4n) is 5.10. The minimum atomic E-state index is 0.0118. The molecular formula is C33H36N2O3. The lowest BCUT2D eigenvalue weighted by Gasteiger charge is -2.32. The zero-order chi connectivity index (χ0) is 26.2. The highest BCUT2D eigenvalue weighted by Gasteiger charge is 2.21. The summed E-state index contributed by atoms with van der Waals surface area (Å²) < 4.78 is 10.7. The summed E-state index contributed by atoms with van der Waals surface area (Å²) in [4.78, 5) is 15.5. The van der Waals surface area contributed by atoms with Crippen LogP contribution in [-0.2, 0) is 22.6 Å². The lowest BCUT2D eigenvalue weighted by atomic mass is 10.0. The number of nitrogens with one attached hydrogen (secondary N) is 1. The molecule has 1 saturated heterocycles. The van der Waals surface area contributed by atoms with Crippen molar-refractivity contribution in [2.24, 2.45) is 0 Å². The highest BCUT2D eigenvalue weighted by atomic mass is 16.5. The molecule has 4 aromatic carbocycles. The zero-order valence-corrected chi connectivity index (χ0v) is 22.1. The number of piperidine rings is 1. The van der Waals surface area contributed by atoms with Gasteiger partial charge in [0, 0.05) is 38.3 Å². The second-order valence-corrected chi connectivity index (χ2v) is 10.0. The van der Waals surface area contributed by atoms with Crippen LogP contribution in [0, 0.1) is 0 Å². The van der Waals surface area contributed by atoms with E-state index >= 15 is 0 Å². The Morgan fingerprint density at radius 3 is 2.34 bits per heavy atom. The molecule has 0 aliphatic carbocycles. The van der Waals surface area contributed by atoms with Crippen molar-refractivity contribution in [3.8, 4) is 11.1 Å². The van der Waals surface area contributed by atoms with Gasteiger partial charge >= 0.3 is 0 Å². The maximum atomic E-state index is 13.0. The van der Waals surface area contributed by atoms with Crippen molar-refractivity contribution in [1.29, 1.82) is 0 Å². The Kier molecular flexibility index (Phi) is 8.82. The van der Waals surface area contributed by atoms with Gasteiger partial charge in [0.05, 0.1) is 19.8 Å². The standard InChI is InChI=1S/C33H36N2O3/c1-37-18-19-38-24-26-11-13-28-12-10-25(20-31(28)21-26)23-35-16-14-32(15-17-35)34-33(36)30-9-5-8-29(22-30)27-6-3-2-4-7-27/h2-13,20-22,32H,14-19,23-24H2,1H3,(H,34,36). The van der Waals surface area contributed by atoms with Crippen LogP contribution >= 0.6 is 0 Å². The Morgan fingerprint density at radius 2 is 1.55 bits per heavy atom. The topological polar surface area (TPSA) is 50.8 Å². The van der Waals surface area contributed by atoms with Crippen molar-refractivity contribution < 1.29 is 14.3 Å². The molecule has 1 aliphatic rings. The summed E-state index contributed by atoms with van der Waals surface area (Å²) in [6.07, 6.45) is 1.92. The van der Waals surface area contributed by atoms with Crippen LogP contribution in [0.15, 0.2) is 91.0 Å². The minimum Gasteiger partial charge on any atom is -0.382 e. The summed E-state index contributed by atoms with van der Waals surface area (Å²) in [5.74, 6) is 0.0118. The largest absolute Gasteiger partial charge is 0.382 e. The van der Waals surface area contributed by atoms with Gasteiger partial charge in [-0.15, -0.1) is 0 Å². The highest BCUT2D eigenvalue weighted by molar-refractivity contribution is 5.95. The van der Waals surface area contributed by atoms with E-state index in [9.17, 15) is 4.79 Å². The first kappa shape index (κ1) is 26.1. The first-order valence-corrected chi connectivity index (χ1v) is 13.4. The van der Waals surface area contributed by atoms with Crippen molar-refractivity contribution >= 4 is 16.7 Å². The number of benzene rings is 4. The quantitative estimate of drug-likeness (QED) is 0.265. The molecule has 0 atom stereocenters. The summed E-state index contributed by atoms with van der Waals surface area (Å²) in [7, 11) is 1.69. The van der Waals surface area contributed by atoms with Crippen LogP contribution in [0.5, 0.6) is 0 Å². The number of rotatable bonds is 10. The fraction of sp³-hybridized carbons (Fsp3) is 0.303. The van der Waals surface area contributed by atoms with Crippen LogP contribution in [0.4, 0.5) is 0 Å². The smallest absolute Gasteiger partial charge is 0.251 e. The molecule has 1 aliphatic heterocycles. The molecule has 5 heteroatoms. The Morgan fingerprint density at radius 1 is 0.816 bits per heavy atom. The Balaban J connectivity index is 1.13. The first-order valence-electron chi connectivity index (χ1n) is 13.4. The van der Waals surface area contributed by atoms with Crippen molar-refractivity contribution in [2.75, 3.05) is 33.4 Å². The third-order valence-electron chi connectivity index (χ3n) is 7.23. The van der Waals surface area contributed by atoms with Crippen LogP contribution in [0.1, 0.15) is 34.3 Å². The van der Waals surface area contributed by atoms with E-state index in [0.717, 1.165) is 43.6 Å². The van der Waals surface area contributed by atoms with E-state index in [1.165, 1.54) is 21.9 Å². The van der Waals surface area contributed by atoms with Gasteiger partial charge in [0.1, 0.15) is 0 Å². The molecule has 0 aromatic heterocycles. The fourth-order valence-corrected chi connectivity index (χ4v) is 5.10. The number of likely N-dealkylation sites (tertiary alicyclic amines) is 1. The second kappa shape index (κ2) is 12.8. The maximum absolute atomic E-state index is 13.0. The van der Waals surface area contributed by atoms with Crippen LogP contribution < -0.4 is 5.32 Å². The molecule has 0 spiro atoms. The lowest BCUT2D eigenvalue weighted by molar-refractivity contribution is 0.0617. The van der Waals surface area contributed by atoms with Gasteiger partial charge in [-0.25, -0.2) is 0 Å². The third-order valence-corrected chi connectivity index (χ3v) is 7.23. The molecule has 38 heavy (non-hydrogen) atoms. The van der Waals surface area contributed by atoms with Crippen molar-refractivity contribution in [3.05, 3.63) is 108 Å². The zero-order valence-electron chi connectivity index (χ0n) is 22.1. The number of carbonyl (C=O) groups is 1. The number of fused-ring (bicyclic) bond motifs is 1. The van der Waals surface area contributed by atoms with Gasteiger partial charge in [-0.1, -0.05) is 66.7 Å². The van der Waals surface area contributed by atoms with E-state index in [-0.39, 0.29) is 11.9 Å². The van der Waals surface area contributed by atoms with Crippen LogP contribution in [0.2, 0.25) is 0 Å². The lowest BCUT2D eigenvalue weighted by Crippen LogP contribution is -2.44. The first-order chi connectivity index (χ1) is 18.7. The van der Waals surface area contributed by atoms with Crippen LogP contribution in [0.3, 0.4) is 0 Å². The number of hydrogen-bond donors (Lipinski definition) is 1. The van der Waals surface area contributed by atoms with Gasteiger partial charge in [0.2, 0.25) is 0 Å². The Bertz CT molecular complexity index is 1350. The van der Waals surface area contributed by atoms with Gasteiger partial charge < -0.3 is 14.8 Å². The molecule has 196 valence electrons. The summed E-state index contributed by atoms with van der Waals surface area (Å²) in [5, 5.41) is 5.76. The predicted octanol–water partition coefficient (Wildman–Crippen LogP) is 6.06. The maximum Gasteiger partial charge on any atom is 0.251 e. The summed E-state index contributed by atoms with van der Waals surface area (Å²) in [5.41, 5.74) is 5.39. The van der Waals surface area contributed by atoms with Gasteiger partial charge in [-0.05, 0) is 70.1 Å². The average Bonchev–Trinajstić information content (AvgIpc) is 2.97. The Hall–Kier alpha value is -3.51. The molecule has 0 saturated carbocycles. The summed E-state index contributed by atoms with van der Waals surface area (Å²) in [6.45, 7) is 4.68. The SMILES string of the molecule is COCCOCc1ccc2ccc(CN3CCC(NC(=O)c4cccc(-c5ccccc5)c4)CC3)cc2c1. The molecule has 0 radical (unpaired) electrons. The second-order valence-electron chi connectivity index (χ2n) is 10.0. The number of amides is 1. The predicted molar refractivity (Wildman–Crippen MR) is 153 cm³/mol. The van der Waals surface area contributed by atoms with Crippen LogP contribution in [-0.4, -0.2) is 50.3 Å². The molecule has 5 rings (SSSR count). The van der Waals surface area contributed by atoms with Gasteiger partial charge in [-0.2, -0.15) is 0 Å². The molecule has 4 aromatic rings. The molecule has 1 fully saturated rings. The molecule has 1 N–H and O–H groups in total. The molecular weight excluding hydrogens is 472 g/mol. The number of nitrogens with zero attached hydrogens (tertiary/aromatic N) is 1. The molecule has 1 heterocycles. The number of ether oxygens (including phenoxy) is 2. The summed E-state index contributed by atoms with van der Waals surface area (Å²) in [6, 6.07) is 31.5. The van der Waals surface area contributed by atoms with E-state index in [2.05, 4.69) is 64.8 Å². The third kappa shape index (κ3) is 6.87. The number of methoxy groups -OCH3 is 1. The van der Waals surface area contributed by atoms with E-state index in [1.54, 1.807) is 7.11 Å². The van der Waals surface area contributed by atoms with Crippen molar-refractivity contribution in [3.63, 3.8) is 0 Å². The van der Waals surface area contributed by atoms with Crippen LogP contribution in [0.25, 0.3) is 21.9 Å². The van der Waals surface area contributed by atoms with E-state index in [4.69, 9.17) is 9.47 Å². The average molecular weight is 509 g/mol. The van der Waals surface area contributed by atoms with Gasteiger partial charge in [0.15, 0.2) is 0 Å². The van der Waals surface area contributed by atoms with Gasteiger partial charge in [0.25, 0.3) is 5.91 Å². The van der Waals surface area contributed by atoms with Gasteiger partial charge in [-0.3, -0.25) is 9.69 Å². The minimum absolute atomic E-state index is 0.0118.